The minimum absolute atomic E-state index is 0.214. The Morgan fingerprint density at radius 1 is 0.386 bits per heavy atom. The molecule has 0 saturated carbocycles. The molecule has 0 amide bonds. The van der Waals surface area contributed by atoms with Crippen LogP contribution in [0.1, 0.15) is 195 Å². The van der Waals surface area contributed by atoms with E-state index in [1.807, 2.05) is 0 Å². The summed E-state index contributed by atoms with van der Waals surface area (Å²) in [5, 5.41) is 34.9. The Kier molecular flexibility index (Phi) is 11.9. The molecule has 3 N–H and O–H groups in total. The van der Waals surface area contributed by atoms with Gasteiger partial charge in [-0.2, -0.15) is 0 Å². The fourth-order valence-corrected chi connectivity index (χ4v) is 8.89. The van der Waals surface area contributed by atoms with Crippen molar-refractivity contribution in [3.05, 3.63) is 110 Å². The maximum absolute atomic E-state index is 11.7. The Hall–Kier alpha value is -3.46. The first-order valence-electron chi connectivity index (χ1n) is 21.4. The summed E-state index contributed by atoms with van der Waals surface area (Å²) >= 11 is 0. The van der Waals surface area contributed by atoms with Crippen molar-refractivity contribution in [1.29, 1.82) is 0 Å². The third kappa shape index (κ3) is 9.88. The molecular weight excluding hydrogens is 697 g/mol. The summed E-state index contributed by atoms with van der Waals surface area (Å²) in [4.78, 5) is 0. The highest BCUT2D eigenvalue weighted by Gasteiger charge is 2.40. The van der Waals surface area contributed by atoms with E-state index < -0.39 is 0 Å². The lowest BCUT2D eigenvalue weighted by molar-refractivity contribution is 0.404. The number of benzene rings is 3. The number of aromatic hydroxyl groups is 3. The molecule has 314 valence electrons. The van der Waals surface area contributed by atoms with Gasteiger partial charge >= 0.3 is 0 Å². The molecule has 0 fully saturated rings. The number of allylic oxidation sites excluding steroid dienone is 4. The largest absolute Gasteiger partial charge is 0.507 e. The Balaban J connectivity index is 2.02. The van der Waals surface area contributed by atoms with Gasteiger partial charge in [-0.15, -0.1) is 0 Å². The summed E-state index contributed by atoms with van der Waals surface area (Å²) in [6, 6.07) is 13.5. The van der Waals surface area contributed by atoms with Crippen LogP contribution in [0.15, 0.2) is 59.7 Å². The molecule has 2 unspecified atom stereocenters. The highest BCUT2D eigenvalue weighted by molar-refractivity contribution is 5.55. The van der Waals surface area contributed by atoms with Gasteiger partial charge in [-0.25, -0.2) is 0 Å². The van der Waals surface area contributed by atoms with Crippen molar-refractivity contribution in [2.75, 3.05) is 0 Å². The topological polar surface area (TPSA) is 60.7 Å². The smallest absolute Gasteiger partial charge is 0.123 e. The quantitative estimate of drug-likeness (QED) is 0.219. The zero-order valence-electron chi connectivity index (χ0n) is 40.1. The van der Waals surface area contributed by atoms with Gasteiger partial charge in [0.25, 0.3) is 0 Å². The molecule has 0 bridgehead atoms. The van der Waals surface area contributed by atoms with Crippen molar-refractivity contribution in [3.63, 3.8) is 0 Å². The average Bonchev–Trinajstić information content (AvgIpc) is 2.99. The number of hydrogen-bond acceptors (Lipinski definition) is 3. The molecule has 3 aromatic carbocycles. The molecule has 4 rings (SSSR count). The average molecular weight is 777 g/mol. The van der Waals surface area contributed by atoms with Crippen LogP contribution in [-0.2, 0) is 51.8 Å². The number of hydrogen-bond donors (Lipinski definition) is 3. The highest BCUT2D eigenvalue weighted by atomic mass is 16.3. The molecular formula is C54H80O3. The Morgan fingerprint density at radius 2 is 0.632 bits per heavy atom. The van der Waals surface area contributed by atoms with Gasteiger partial charge in [0.15, 0.2) is 0 Å². The minimum atomic E-state index is -0.325. The first-order valence-corrected chi connectivity index (χ1v) is 21.4. The first kappa shape index (κ1) is 46.2. The van der Waals surface area contributed by atoms with Crippen LogP contribution in [0.2, 0.25) is 0 Å². The summed E-state index contributed by atoms with van der Waals surface area (Å²) in [5.41, 5.74) is 10.3. The van der Waals surface area contributed by atoms with Crippen LogP contribution in [-0.4, -0.2) is 15.3 Å². The third-order valence-corrected chi connectivity index (χ3v) is 12.6. The van der Waals surface area contributed by atoms with Crippen LogP contribution in [0.3, 0.4) is 0 Å². The van der Waals surface area contributed by atoms with E-state index in [1.165, 1.54) is 27.8 Å². The van der Waals surface area contributed by atoms with E-state index in [9.17, 15) is 15.3 Å². The lowest BCUT2D eigenvalue weighted by Crippen LogP contribution is -2.33. The van der Waals surface area contributed by atoms with E-state index in [2.05, 4.69) is 194 Å². The molecule has 1 aliphatic rings. The Labute approximate surface area is 349 Å². The SMILES string of the molecule is CC1=CC(C)(Cc2cc(C(C)(C)C)c(O)c(C(C)(C)C)c2)C(Cc2cc(C(C)(C)C)c(O)c(C(C)(C)C)c2)=CC1(C)Cc1cc(C(C)(C)C)c(O)c(C(C)(C)C)c1. The highest BCUT2D eigenvalue weighted by Crippen LogP contribution is 2.51. The van der Waals surface area contributed by atoms with E-state index in [1.54, 1.807) is 0 Å². The van der Waals surface area contributed by atoms with Gasteiger partial charge in [-0.3, -0.25) is 0 Å². The van der Waals surface area contributed by atoms with Crippen LogP contribution in [0, 0.1) is 10.8 Å². The molecule has 0 saturated heterocycles. The maximum atomic E-state index is 11.7. The predicted molar refractivity (Wildman–Crippen MR) is 246 cm³/mol. The first-order chi connectivity index (χ1) is 25.4. The molecule has 3 nitrogen and oxygen atoms in total. The minimum Gasteiger partial charge on any atom is -0.507 e. The summed E-state index contributed by atoms with van der Waals surface area (Å²) in [7, 11) is 0. The fraction of sp³-hybridized carbons (Fsp3) is 0.593. The number of phenols is 3. The molecule has 1 aliphatic carbocycles. The number of rotatable bonds is 6. The fourth-order valence-electron chi connectivity index (χ4n) is 8.89. The van der Waals surface area contributed by atoms with E-state index in [-0.39, 0.29) is 43.3 Å². The summed E-state index contributed by atoms with van der Waals surface area (Å²) in [6.07, 6.45) is 7.44. The van der Waals surface area contributed by atoms with Gasteiger partial charge in [0.2, 0.25) is 0 Å². The summed E-state index contributed by atoms with van der Waals surface area (Å²) in [6.45, 7) is 46.4. The zero-order chi connectivity index (χ0) is 43.9. The van der Waals surface area contributed by atoms with Crippen molar-refractivity contribution >= 4 is 0 Å². The van der Waals surface area contributed by atoms with E-state index >= 15 is 0 Å². The second-order valence-electron chi connectivity index (χ2n) is 24.5. The van der Waals surface area contributed by atoms with Gasteiger partial charge in [-0.1, -0.05) is 198 Å². The second-order valence-corrected chi connectivity index (χ2v) is 24.5. The molecule has 0 heterocycles. The molecule has 0 aromatic heterocycles. The number of phenolic OH excluding ortho intramolecular Hbond substituents is 3. The van der Waals surface area contributed by atoms with Crippen LogP contribution in [0.4, 0.5) is 0 Å². The van der Waals surface area contributed by atoms with Crippen molar-refractivity contribution in [2.24, 2.45) is 10.8 Å². The molecule has 3 aromatic rings. The van der Waals surface area contributed by atoms with Crippen molar-refractivity contribution in [1.82, 2.24) is 0 Å². The second kappa shape index (κ2) is 14.7. The van der Waals surface area contributed by atoms with E-state index in [4.69, 9.17) is 0 Å². The lowest BCUT2D eigenvalue weighted by Gasteiger charge is -2.42. The van der Waals surface area contributed by atoms with Crippen LogP contribution in [0.5, 0.6) is 17.2 Å². The van der Waals surface area contributed by atoms with Gasteiger partial charge in [0.05, 0.1) is 0 Å². The van der Waals surface area contributed by atoms with Crippen LogP contribution >= 0.6 is 0 Å². The standard InChI is InChI=1S/C54H80O3/c1-33-29-54(21,31-36-27-42(51(14,15)16)46(57)43(28-36)52(17,18)19)37(22-34-23-38(47(2,3)4)44(55)39(24-34)48(5,6)7)32-53(33,20)30-35-25-40(49(8,9)10)45(56)41(26-35)50(11,12)13/h23-29,32,55-57H,22,30-31H2,1-21H3. The van der Waals surface area contributed by atoms with Gasteiger partial charge in [-0.05, 0) is 109 Å². The molecule has 0 aliphatic heterocycles. The Morgan fingerprint density at radius 3 is 0.895 bits per heavy atom. The summed E-state index contributed by atoms with van der Waals surface area (Å²) in [5.74, 6) is 1.23. The zero-order valence-corrected chi connectivity index (χ0v) is 40.1. The molecule has 3 heteroatoms. The summed E-state index contributed by atoms with van der Waals surface area (Å²) < 4.78 is 0. The van der Waals surface area contributed by atoms with Crippen LogP contribution in [0.25, 0.3) is 0 Å². The van der Waals surface area contributed by atoms with Crippen molar-refractivity contribution < 1.29 is 15.3 Å². The van der Waals surface area contributed by atoms with Gasteiger partial charge in [0.1, 0.15) is 17.2 Å². The monoisotopic (exact) mass is 777 g/mol. The molecule has 2 atom stereocenters. The van der Waals surface area contributed by atoms with Gasteiger partial charge in [0, 0.05) is 10.8 Å². The van der Waals surface area contributed by atoms with Crippen LogP contribution < -0.4 is 0 Å². The predicted octanol–water partition coefficient (Wildman–Crippen LogP) is 14.5. The third-order valence-electron chi connectivity index (χ3n) is 12.6. The maximum Gasteiger partial charge on any atom is 0.123 e. The van der Waals surface area contributed by atoms with Crippen molar-refractivity contribution in [3.8, 4) is 17.2 Å². The van der Waals surface area contributed by atoms with E-state index in [0.29, 0.717) is 17.2 Å². The lowest BCUT2D eigenvalue weighted by atomic mass is 9.62. The molecule has 57 heavy (non-hydrogen) atoms. The van der Waals surface area contributed by atoms with Crippen molar-refractivity contribution in [2.45, 2.75) is 197 Å². The molecule has 0 radical (unpaired) electrons. The molecule has 0 spiro atoms. The van der Waals surface area contributed by atoms with Gasteiger partial charge < -0.3 is 15.3 Å². The van der Waals surface area contributed by atoms with E-state index in [0.717, 1.165) is 52.6 Å². The normalized spacial score (nSPS) is 20.1. The Bertz CT molecular complexity index is 1960.